The van der Waals surface area contributed by atoms with Gasteiger partial charge < -0.3 is 9.84 Å². The van der Waals surface area contributed by atoms with Crippen molar-refractivity contribution in [1.82, 2.24) is 15.5 Å². The molecule has 2 aliphatic rings. The van der Waals surface area contributed by atoms with E-state index >= 15 is 0 Å². The van der Waals surface area contributed by atoms with E-state index in [4.69, 9.17) is 4.52 Å². The van der Waals surface area contributed by atoms with Gasteiger partial charge in [0.05, 0.1) is 0 Å². The molecule has 2 fully saturated rings. The Morgan fingerprint density at radius 3 is 2.52 bits per heavy atom. The summed E-state index contributed by atoms with van der Waals surface area (Å²) >= 11 is 0. The molecule has 5 nitrogen and oxygen atoms in total. The number of aromatic nitrogens is 2. The second-order valence-corrected chi connectivity index (χ2v) is 7.37. The Labute approximate surface area is 138 Å². The summed E-state index contributed by atoms with van der Waals surface area (Å²) < 4.78 is 5.17. The Morgan fingerprint density at radius 2 is 1.87 bits per heavy atom. The minimum Gasteiger partial charge on any atom is -0.343 e. The van der Waals surface area contributed by atoms with Crippen LogP contribution in [0.3, 0.4) is 0 Å². The second-order valence-electron chi connectivity index (χ2n) is 7.37. The summed E-state index contributed by atoms with van der Waals surface area (Å²) in [6, 6.07) is 0. The zero-order chi connectivity index (χ0) is 16.1. The molecule has 0 radical (unpaired) electrons. The SMILES string of the molecule is Cc1nc(C2(NC(=O)CCC3CCCCC3)CCCCC2)no1. The molecule has 1 aromatic heterocycles. The fourth-order valence-corrected chi connectivity index (χ4v) is 4.19. The minimum absolute atomic E-state index is 0.153. The summed E-state index contributed by atoms with van der Waals surface area (Å²) in [5, 5.41) is 7.39. The van der Waals surface area contributed by atoms with Crippen molar-refractivity contribution in [3.8, 4) is 0 Å². The first-order valence-electron chi connectivity index (χ1n) is 9.30. The fourth-order valence-electron chi connectivity index (χ4n) is 4.19. The van der Waals surface area contributed by atoms with Gasteiger partial charge in [0, 0.05) is 13.3 Å². The number of rotatable bonds is 5. The van der Waals surface area contributed by atoms with Gasteiger partial charge in [-0.05, 0) is 25.2 Å². The Bertz CT molecular complexity index is 514. The van der Waals surface area contributed by atoms with Crippen LogP contribution in [0.4, 0.5) is 0 Å². The summed E-state index contributed by atoms with van der Waals surface area (Å²) in [5.74, 6) is 2.13. The smallest absolute Gasteiger partial charge is 0.223 e. The number of hydrogen-bond acceptors (Lipinski definition) is 4. The van der Waals surface area contributed by atoms with E-state index in [2.05, 4.69) is 15.5 Å². The summed E-state index contributed by atoms with van der Waals surface area (Å²) in [5.41, 5.74) is -0.403. The van der Waals surface area contributed by atoms with E-state index in [0.29, 0.717) is 18.1 Å². The molecular weight excluding hydrogens is 290 g/mol. The number of amides is 1. The van der Waals surface area contributed by atoms with E-state index in [-0.39, 0.29) is 5.91 Å². The number of hydrogen-bond donors (Lipinski definition) is 1. The van der Waals surface area contributed by atoms with E-state index < -0.39 is 5.54 Å². The largest absolute Gasteiger partial charge is 0.343 e. The van der Waals surface area contributed by atoms with Crippen LogP contribution in [-0.2, 0) is 10.3 Å². The quantitative estimate of drug-likeness (QED) is 0.890. The summed E-state index contributed by atoms with van der Waals surface area (Å²) in [6.07, 6.45) is 13.5. The molecule has 0 bridgehead atoms. The van der Waals surface area contributed by atoms with Gasteiger partial charge >= 0.3 is 0 Å². The van der Waals surface area contributed by atoms with Gasteiger partial charge in [-0.3, -0.25) is 4.79 Å². The van der Waals surface area contributed by atoms with Crippen LogP contribution in [0.15, 0.2) is 4.52 Å². The third kappa shape index (κ3) is 4.12. The van der Waals surface area contributed by atoms with Crippen LogP contribution in [0, 0.1) is 12.8 Å². The van der Waals surface area contributed by atoms with Crippen LogP contribution in [0.2, 0.25) is 0 Å². The zero-order valence-electron chi connectivity index (χ0n) is 14.3. The molecule has 0 aromatic carbocycles. The lowest BCUT2D eigenvalue weighted by Crippen LogP contribution is -2.48. The van der Waals surface area contributed by atoms with Crippen LogP contribution in [0.5, 0.6) is 0 Å². The zero-order valence-corrected chi connectivity index (χ0v) is 14.3. The van der Waals surface area contributed by atoms with Crippen LogP contribution in [0.25, 0.3) is 0 Å². The van der Waals surface area contributed by atoms with E-state index in [1.54, 1.807) is 6.92 Å². The molecule has 1 N–H and O–H groups in total. The summed E-state index contributed by atoms with van der Waals surface area (Å²) in [7, 11) is 0. The lowest BCUT2D eigenvalue weighted by molar-refractivity contribution is -0.124. The molecule has 23 heavy (non-hydrogen) atoms. The van der Waals surface area contributed by atoms with Gasteiger partial charge in [-0.25, -0.2) is 0 Å². The third-order valence-electron chi connectivity index (χ3n) is 5.55. The number of nitrogens with one attached hydrogen (secondary N) is 1. The summed E-state index contributed by atoms with van der Waals surface area (Å²) in [6.45, 7) is 1.80. The Morgan fingerprint density at radius 1 is 1.17 bits per heavy atom. The lowest BCUT2D eigenvalue weighted by Gasteiger charge is -2.35. The van der Waals surface area contributed by atoms with Crippen LogP contribution in [-0.4, -0.2) is 16.0 Å². The fraction of sp³-hybridized carbons (Fsp3) is 0.833. The maximum Gasteiger partial charge on any atom is 0.223 e. The third-order valence-corrected chi connectivity index (χ3v) is 5.55. The monoisotopic (exact) mass is 319 g/mol. The Kier molecular flexibility index (Phi) is 5.34. The lowest BCUT2D eigenvalue weighted by atomic mass is 9.80. The highest BCUT2D eigenvalue weighted by molar-refractivity contribution is 5.76. The van der Waals surface area contributed by atoms with Crippen molar-refractivity contribution in [3.05, 3.63) is 11.7 Å². The Hall–Kier alpha value is -1.39. The van der Waals surface area contributed by atoms with Crippen molar-refractivity contribution in [3.63, 3.8) is 0 Å². The average molecular weight is 319 g/mol. The first-order chi connectivity index (χ1) is 11.2. The van der Waals surface area contributed by atoms with Gasteiger partial charge in [0.15, 0.2) is 5.82 Å². The van der Waals surface area contributed by atoms with Gasteiger partial charge in [0.2, 0.25) is 11.8 Å². The number of carbonyl (C=O) groups is 1. The van der Waals surface area contributed by atoms with E-state index in [0.717, 1.165) is 38.0 Å². The van der Waals surface area contributed by atoms with Gasteiger partial charge in [-0.2, -0.15) is 4.98 Å². The molecule has 2 aliphatic carbocycles. The first-order valence-corrected chi connectivity index (χ1v) is 9.30. The normalized spacial score (nSPS) is 22.0. The van der Waals surface area contributed by atoms with Crippen molar-refractivity contribution < 1.29 is 9.32 Å². The van der Waals surface area contributed by atoms with Crippen LogP contribution in [0.1, 0.15) is 88.8 Å². The van der Waals surface area contributed by atoms with Gasteiger partial charge in [0.25, 0.3) is 0 Å². The van der Waals surface area contributed by atoms with Crippen LogP contribution < -0.4 is 5.32 Å². The molecule has 3 rings (SSSR count). The Balaban J connectivity index is 1.60. The van der Waals surface area contributed by atoms with Crippen molar-refractivity contribution in [2.45, 2.75) is 89.5 Å². The van der Waals surface area contributed by atoms with Gasteiger partial charge in [-0.1, -0.05) is 56.5 Å². The number of aryl methyl sites for hydroxylation is 1. The van der Waals surface area contributed by atoms with Gasteiger partial charge in [0.1, 0.15) is 5.54 Å². The van der Waals surface area contributed by atoms with Crippen molar-refractivity contribution in [2.24, 2.45) is 5.92 Å². The van der Waals surface area contributed by atoms with E-state index in [1.165, 1.54) is 38.5 Å². The van der Waals surface area contributed by atoms with Crippen LogP contribution >= 0.6 is 0 Å². The average Bonchev–Trinajstić information content (AvgIpc) is 3.02. The molecule has 0 atom stereocenters. The molecule has 0 aliphatic heterocycles. The summed E-state index contributed by atoms with van der Waals surface area (Å²) in [4.78, 5) is 17.0. The van der Waals surface area contributed by atoms with Crippen molar-refractivity contribution in [2.75, 3.05) is 0 Å². The molecule has 2 saturated carbocycles. The molecule has 5 heteroatoms. The standard InChI is InChI=1S/C18H29N3O2/c1-14-19-17(21-23-14)18(12-6-3-7-13-18)20-16(22)11-10-15-8-4-2-5-9-15/h15H,2-13H2,1H3,(H,20,22). The molecule has 1 aromatic rings. The van der Waals surface area contributed by atoms with Gasteiger partial charge in [-0.15, -0.1) is 0 Å². The molecule has 0 saturated heterocycles. The van der Waals surface area contributed by atoms with Crippen molar-refractivity contribution in [1.29, 1.82) is 0 Å². The number of carbonyl (C=O) groups excluding carboxylic acids is 1. The maximum absolute atomic E-state index is 12.5. The predicted molar refractivity (Wildman–Crippen MR) is 87.7 cm³/mol. The molecule has 0 spiro atoms. The van der Waals surface area contributed by atoms with Crippen molar-refractivity contribution >= 4 is 5.91 Å². The molecule has 128 valence electrons. The molecular formula is C18H29N3O2. The predicted octanol–water partition coefficient (Wildman–Crippen LogP) is 4.01. The number of nitrogens with zero attached hydrogens (tertiary/aromatic N) is 2. The highest BCUT2D eigenvalue weighted by atomic mass is 16.5. The molecule has 0 unspecified atom stereocenters. The minimum atomic E-state index is -0.403. The highest BCUT2D eigenvalue weighted by Crippen LogP contribution is 2.36. The molecule has 1 heterocycles. The molecule has 1 amide bonds. The van der Waals surface area contributed by atoms with E-state index in [9.17, 15) is 4.79 Å². The topological polar surface area (TPSA) is 68.0 Å². The highest BCUT2D eigenvalue weighted by Gasteiger charge is 2.39. The van der Waals surface area contributed by atoms with E-state index in [1.807, 2.05) is 0 Å². The second kappa shape index (κ2) is 7.45. The maximum atomic E-state index is 12.5. The first kappa shape index (κ1) is 16.5.